The van der Waals surface area contributed by atoms with E-state index in [1.165, 1.54) is 12.2 Å². The lowest BCUT2D eigenvalue weighted by Crippen LogP contribution is -2.53. The minimum atomic E-state index is -1.43. The van der Waals surface area contributed by atoms with E-state index in [0.717, 1.165) is 0 Å². The number of aliphatic hydroxyl groups is 1. The third-order valence-electron chi connectivity index (χ3n) is 5.10. The Morgan fingerprint density at radius 3 is 2.59 bits per heavy atom. The Labute approximate surface area is 127 Å². The van der Waals surface area contributed by atoms with E-state index in [1.807, 2.05) is 0 Å². The molecule has 7 nitrogen and oxygen atoms in total. The van der Waals surface area contributed by atoms with Gasteiger partial charge in [0.15, 0.2) is 5.60 Å². The smallest absolute Gasteiger partial charge is 0.334 e. The highest BCUT2D eigenvalue weighted by molar-refractivity contribution is 5.91. The van der Waals surface area contributed by atoms with Crippen molar-refractivity contribution in [2.45, 2.75) is 36.8 Å². The number of esters is 1. The third kappa shape index (κ3) is 1.71. The highest BCUT2D eigenvalue weighted by Gasteiger charge is 2.66. The van der Waals surface area contributed by atoms with Gasteiger partial charge < -0.3 is 9.84 Å². The number of ether oxygens (including phenoxy) is 1. The summed E-state index contributed by atoms with van der Waals surface area (Å²) in [5.41, 5.74) is -2.18. The lowest BCUT2D eigenvalue weighted by molar-refractivity contribution is -0.359. The van der Waals surface area contributed by atoms with Crippen LogP contribution in [-0.4, -0.2) is 45.0 Å². The van der Waals surface area contributed by atoms with Gasteiger partial charge in [0.05, 0.1) is 17.9 Å². The number of aliphatic hydroxyl groups excluding tert-OH is 1. The van der Waals surface area contributed by atoms with Crippen LogP contribution in [0.5, 0.6) is 0 Å². The maximum atomic E-state index is 11.9. The standard InChI is InChI=1S/C15H18O7/c1-7-6-9(16)10-8(2)13(17)20-11(10)12-14(3,21-18)4-5-15(7,12)22-19/h4-5,9-12,16,18-19H,1-2,6H2,3H3. The molecule has 7 heteroatoms. The molecule has 1 heterocycles. The topological polar surface area (TPSA) is 105 Å². The van der Waals surface area contributed by atoms with E-state index < -0.39 is 41.2 Å². The normalized spacial score (nSPS) is 47.2. The predicted molar refractivity (Wildman–Crippen MR) is 73.5 cm³/mol. The third-order valence-corrected chi connectivity index (χ3v) is 5.10. The summed E-state index contributed by atoms with van der Waals surface area (Å²) in [5, 5.41) is 29.3. The molecule has 0 radical (unpaired) electrons. The van der Waals surface area contributed by atoms with Gasteiger partial charge in [-0.1, -0.05) is 19.2 Å². The Morgan fingerprint density at radius 2 is 2.00 bits per heavy atom. The van der Waals surface area contributed by atoms with Crippen molar-refractivity contribution in [1.82, 2.24) is 0 Å². The molecule has 2 aliphatic carbocycles. The fraction of sp³-hybridized carbons (Fsp3) is 0.533. The van der Waals surface area contributed by atoms with Gasteiger partial charge in [-0.05, 0) is 25.0 Å². The van der Waals surface area contributed by atoms with Crippen LogP contribution in [0.4, 0.5) is 0 Å². The van der Waals surface area contributed by atoms with Crippen molar-refractivity contribution in [2.24, 2.45) is 11.8 Å². The number of carbonyl (C=O) groups is 1. The molecule has 1 saturated heterocycles. The summed E-state index contributed by atoms with van der Waals surface area (Å²) in [6.07, 6.45) is 1.25. The molecule has 6 atom stereocenters. The van der Waals surface area contributed by atoms with E-state index in [-0.39, 0.29) is 12.0 Å². The van der Waals surface area contributed by atoms with Crippen molar-refractivity contribution in [1.29, 1.82) is 0 Å². The largest absolute Gasteiger partial charge is 0.458 e. The van der Waals surface area contributed by atoms with E-state index in [1.54, 1.807) is 6.92 Å². The van der Waals surface area contributed by atoms with Crippen LogP contribution in [0.15, 0.2) is 36.5 Å². The van der Waals surface area contributed by atoms with Gasteiger partial charge in [0.2, 0.25) is 0 Å². The van der Waals surface area contributed by atoms with Crippen LogP contribution in [0, 0.1) is 11.8 Å². The van der Waals surface area contributed by atoms with Crippen molar-refractivity contribution in [3.05, 3.63) is 36.5 Å². The number of rotatable bonds is 2. The minimum Gasteiger partial charge on any atom is -0.458 e. The van der Waals surface area contributed by atoms with Crippen LogP contribution in [0.1, 0.15) is 13.3 Å². The van der Waals surface area contributed by atoms with E-state index in [0.29, 0.717) is 5.57 Å². The Morgan fingerprint density at radius 1 is 1.32 bits per heavy atom. The molecule has 0 aromatic heterocycles. The molecule has 3 aliphatic rings. The molecular formula is C15H18O7. The lowest BCUT2D eigenvalue weighted by atomic mass is 9.73. The van der Waals surface area contributed by atoms with E-state index in [9.17, 15) is 20.4 Å². The maximum Gasteiger partial charge on any atom is 0.334 e. The van der Waals surface area contributed by atoms with Gasteiger partial charge in [-0.3, -0.25) is 10.5 Å². The second kappa shape index (κ2) is 4.74. The van der Waals surface area contributed by atoms with Gasteiger partial charge in [-0.15, -0.1) is 0 Å². The summed E-state index contributed by atoms with van der Waals surface area (Å²) in [4.78, 5) is 21.2. The van der Waals surface area contributed by atoms with Crippen molar-refractivity contribution in [3.8, 4) is 0 Å². The number of hydrogen-bond acceptors (Lipinski definition) is 7. The fourth-order valence-corrected chi connectivity index (χ4v) is 3.94. The van der Waals surface area contributed by atoms with Crippen LogP contribution in [0.2, 0.25) is 0 Å². The summed E-state index contributed by atoms with van der Waals surface area (Å²) in [6, 6.07) is 0. The number of fused-ring (bicyclic) bond motifs is 3. The highest BCUT2D eigenvalue weighted by atomic mass is 17.1. The van der Waals surface area contributed by atoms with Gasteiger partial charge >= 0.3 is 5.97 Å². The van der Waals surface area contributed by atoms with Crippen molar-refractivity contribution in [3.63, 3.8) is 0 Å². The molecular weight excluding hydrogens is 292 g/mol. The van der Waals surface area contributed by atoms with Gasteiger partial charge in [-0.2, -0.15) is 0 Å². The van der Waals surface area contributed by atoms with E-state index >= 15 is 0 Å². The molecule has 22 heavy (non-hydrogen) atoms. The molecule has 0 amide bonds. The second-order valence-electron chi connectivity index (χ2n) is 6.27. The number of carbonyl (C=O) groups excluding carboxylic acids is 1. The average molecular weight is 310 g/mol. The zero-order valence-corrected chi connectivity index (χ0v) is 12.1. The molecule has 3 N–H and O–H groups in total. The molecule has 3 rings (SSSR count). The Balaban J connectivity index is 2.18. The SMILES string of the molecule is C=C1C(=O)OC2C1C(O)CC(=C)C1(OO)C=CC(C)(OO)C21. The zero-order chi connectivity index (χ0) is 16.3. The first-order chi connectivity index (χ1) is 10.3. The van der Waals surface area contributed by atoms with Crippen molar-refractivity contribution >= 4 is 5.97 Å². The van der Waals surface area contributed by atoms with Gasteiger partial charge in [0.1, 0.15) is 11.7 Å². The first-order valence-electron chi connectivity index (χ1n) is 6.92. The van der Waals surface area contributed by atoms with E-state index in [4.69, 9.17) is 9.62 Å². The molecule has 0 aromatic rings. The van der Waals surface area contributed by atoms with Crippen LogP contribution < -0.4 is 0 Å². The van der Waals surface area contributed by atoms with Crippen LogP contribution in [0.3, 0.4) is 0 Å². The first kappa shape index (κ1) is 15.4. The molecule has 6 unspecified atom stereocenters. The summed E-state index contributed by atoms with van der Waals surface area (Å²) in [7, 11) is 0. The van der Waals surface area contributed by atoms with Crippen molar-refractivity contribution < 1.29 is 34.9 Å². The molecule has 0 aromatic carbocycles. The molecule has 0 bridgehead atoms. The predicted octanol–water partition coefficient (Wildman–Crippen LogP) is 1.07. The van der Waals surface area contributed by atoms with E-state index in [2.05, 4.69) is 18.0 Å². The number of hydrogen-bond donors (Lipinski definition) is 3. The van der Waals surface area contributed by atoms with Crippen LogP contribution >= 0.6 is 0 Å². The first-order valence-corrected chi connectivity index (χ1v) is 6.92. The summed E-state index contributed by atoms with van der Waals surface area (Å²) in [6.45, 7) is 9.12. The second-order valence-corrected chi connectivity index (χ2v) is 6.27. The summed E-state index contributed by atoms with van der Waals surface area (Å²) in [5.74, 6) is -2.14. The Kier molecular flexibility index (Phi) is 3.32. The molecule has 1 saturated carbocycles. The quantitative estimate of drug-likeness (QED) is 0.230. The highest BCUT2D eigenvalue weighted by Crippen LogP contribution is 2.55. The average Bonchev–Trinajstić information content (AvgIpc) is 2.91. The van der Waals surface area contributed by atoms with Gasteiger partial charge in [0.25, 0.3) is 0 Å². The Hall–Kier alpha value is -1.51. The van der Waals surface area contributed by atoms with Gasteiger partial charge in [0, 0.05) is 5.57 Å². The summed E-state index contributed by atoms with van der Waals surface area (Å²) < 4.78 is 5.35. The van der Waals surface area contributed by atoms with Gasteiger partial charge in [-0.25, -0.2) is 14.6 Å². The van der Waals surface area contributed by atoms with Crippen molar-refractivity contribution in [2.75, 3.05) is 0 Å². The molecule has 2 fully saturated rings. The molecule has 120 valence electrons. The Bertz CT molecular complexity index is 582. The fourth-order valence-electron chi connectivity index (χ4n) is 3.94. The monoisotopic (exact) mass is 310 g/mol. The minimum absolute atomic E-state index is 0.0831. The van der Waals surface area contributed by atoms with Crippen LogP contribution in [-0.2, 0) is 19.3 Å². The lowest BCUT2D eigenvalue weighted by Gasteiger charge is -2.40. The zero-order valence-electron chi connectivity index (χ0n) is 12.1. The molecule has 1 aliphatic heterocycles. The van der Waals surface area contributed by atoms with Crippen LogP contribution in [0.25, 0.3) is 0 Å². The molecule has 0 spiro atoms. The summed E-state index contributed by atoms with van der Waals surface area (Å²) >= 11 is 0. The maximum absolute atomic E-state index is 11.9.